The van der Waals surface area contributed by atoms with E-state index in [4.69, 9.17) is 17.3 Å². The van der Waals surface area contributed by atoms with Gasteiger partial charge < -0.3 is 11.1 Å². The monoisotopic (exact) mass is 339 g/mol. The number of aryl methyl sites for hydroxylation is 1. The van der Waals surface area contributed by atoms with Crippen molar-refractivity contribution >= 4 is 44.9 Å². The fourth-order valence-corrected chi connectivity index (χ4v) is 1.92. The molecule has 0 spiro atoms. The maximum Gasteiger partial charge on any atom is 0.258 e. The van der Waals surface area contributed by atoms with Crippen molar-refractivity contribution in [2.45, 2.75) is 6.92 Å². The van der Waals surface area contributed by atoms with Crippen LogP contribution in [0.5, 0.6) is 0 Å². The number of amides is 1. The molecule has 0 unspecified atom stereocenters. The van der Waals surface area contributed by atoms with Gasteiger partial charge in [0.15, 0.2) is 0 Å². The lowest BCUT2D eigenvalue weighted by atomic mass is 10.1. The standard InChI is InChI=1S/C13H11BrClN3O/c1-7-10(14)3-5-12(17-7)18-13(19)9-6-8(15)2-4-11(9)16/h2-6H,16H2,1H3,(H,17,18,19). The Kier molecular flexibility index (Phi) is 4.07. The Hall–Kier alpha value is -1.59. The van der Waals surface area contributed by atoms with Gasteiger partial charge in [-0.15, -0.1) is 0 Å². The SMILES string of the molecule is Cc1nc(NC(=O)c2cc(Cl)ccc2N)ccc1Br. The van der Waals surface area contributed by atoms with Crippen molar-refractivity contribution in [3.8, 4) is 0 Å². The number of benzene rings is 1. The van der Waals surface area contributed by atoms with Gasteiger partial charge in [0.25, 0.3) is 5.91 Å². The van der Waals surface area contributed by atoms with Gasteiger partial charge in [-0.1, -0.05) is 11.6 Å². The van der Waals surface area contributed by atoms with Crippen molar-refractivity contribution in [3.05, 3.63) is 51.1 Å². The van der Waals surface area contributed by atoms with Crippen LogP contribution < -0.4 is 11.1 Å². The highest BCUT2D eigenvalue weighted by Gasteiger charge is 2.11. The summed E-state index contributed by atoms with van der Waals surface area (Å²) in [6, 6.07) is 8.28. The molecule has 2 aromatic rings. The van der Waals surface area contributed by atoms with E-state index in [1.54, 1.807) is 18.2 Å². The second-order valence-corrected chi connectivity index (χ2v) is 5.24. The average Bonchev–Trinajstić information content (AvgIpc) is 2.36. The number of carbonyl (C=O) groups excluding carboxylic acids is 1. The second kappa shape index (κ2) is 5.59. The van der Waals surface area contributed by atoms with Crippen LogP contribution in [-0.4, -0.2) is 10.9 Å². The first-order chi connectivity index (χ1) is 8.97. The zero-order valence-corrected chi connectivity index (χ0v) is 12.4. The molecule has 4 nitrogen and oxygen atoms in total. The van der Waals surface area contributed by atoms with E-state index in [-0.39, 0.29) is 5.91 Å². The lowest BCUT2D eigenvalue weighted by Crippen LogP contribution is -2.15. The molecule has 1 aromatic carbocycles. The lowest BCUT2D eigenvalue weighted by Gasteiger charge is -2.08. The van der Waals surface area contributed by atoms with Crippen LogP contribution in [0.3, 0.4) is 0 Å². The number of nitrogen functional groups attached to an aromatic ring is 1. The zero-order valence-electron chi connectivity index (χ0n) is 10.1. The third-order valence-corrected chi connectivity index (χ3v) is 3.60. The summed E-state index contributed by atoms with van der Waals surface area (Å²) >= 11 is 9.20. The molecule has 19 heavy (non-hydrogen) atoms. The number of carbonyl (C=O) groups is 1. The lowest BCUT2D eigenvalue weighted by molar-refractivity contribution is 0.102. The van der Waals surface area contributed by atoms with E-state index in [0.29, 0.717) is 22.1 Å². The van der Waals surface area contributed by atoms with Gasteiger partial charge in [0, 0.05) is 15.2 Å². The predicted molar refractivity (Wildman–Crippen MR) is 80.5 cm³/mol. The molecule has 3 N–H and O–H groups in total. The molecule has 6 heteroatoms. The van der Waals surface area contributed by atoms with Gasteiger partial charge >= 0.3 is 0 Å². The minimum absolute atomic E-state index is 0.329. The number of hydrogen-bond donors (Lipinski definition) is 2. The quantitative estimate of drug-likeness (QED) is 0.820. The van der Waals surface area contributed by atoms with Crippen LogP contribution in [0.4, 0.5) is 11.5 Å². The van der Waals surface area contributed by atoms with Gasteiger partial charge in [-0.05, 0) is 53.2 Å². The van der Waals surface area contributed by atoms with Gasteiger partial charge in [-0.3, -0.25) is 4.79 Å². The summed E-state index contributed by atoms with van der Waals surface area (Å²) in [5, 5.41) is 3.14. The van der Waals surface area contributed by atoms with E-state index < -0.39 is 0 Å². The van der Waals surface area contributed by atoms with E-state index >= 15 is 0 Å². The molecular weight excluding hydrogens is 330 g/mol. The summed E-state index contributed by atoms with van der Waals surface area (Å²) in [5.41, 5.74) is 7.24. The van der Waals surface area contributed by atoms with E-state index in [1.165, 1.54) is 6.07 Å². The van der Waals surface area contributed by atoms with Crippen molar-refractivity contribution in [1.82, 2.24) is 4.98 Å². The van der Waals surface area contributed by atoms with Crippen LogP contribution in [0.2, 0.25) is 5.02 Å². The minimum atomic E-state index is -0.339. The molecule has 0 fully saturated rings. The second-order valence-electron chi connectivity index (χ2n) is 3.95. The van der Waals surface area contributed by atoms with Gasteiger partial charge in [0.1, 0.15) is 5.82 Å². The number of hydrogen-bond acceptors (Lipinski definition) is 3. The summed E-state index contributed by atoms with van der Waals surface area (Å²) in [5.74, 6) is 0.124. The fraction of sp³-hybridized carbons (Fsp3) is 0.0769. The minimum Gasteiger partial charge on any atom is -0.398 e. The molecule has 0 aliphatic rings. The van der Waals surface area contributed by atoms with Crippen LogP contribution >= 0.6 is 27.5 Å². The van der Waals surface area contributed by atoms with Crippen LogP contribution in [0.15, 0.2) is 34.8 Å². The fourth-order valence-electron chi connectivity index (χ4n) is 1.52. The highest BCUT2D eigenvalue weighted by molar-refractivity contribution is 9.10. The van der Waals surface area contributed by atoms with Crippen molar-refractivity contribution in [2.75, 3.05) is 11.1 Å². The molecule has 0 atom stereocenters. The van der Waals surface area contributed by atoms with Gasteiger partial charge in [0.05, 0.1) is 11.3 Å². The molecule has 1 amide bonds. The highest BCUT2D eigenvalue weighted by atomic mass is 79.9. The summed E-state index contributed by atoms with van der Waals surface area (Å²) in [4.78, 5) is 16.3. The van der Waals surface area contributed by atoms with Crippen LogP contribution in [0.25, 0.3) is 0 Å². The summed E-state index contributed by atoms with van der Waals surface area (Å²) in [7, 11) is 0. The first-order valence-corrected chi connectivity index (χ1v) is 6.64. The number of rotatable bonds is 2. The maximum absolute atomic E-state index is 12.1. The third kappa shape index (κ3) is 3.24. The Morgan fingerprint density at radius 2 is 2.11 bits per heavy atom. The Morgan fingerprint density at radius 3 is 2.79 bits per heavy atom. The topological polar surface area (TPSA) is 68.0 Å². The number of aromatic nitrogens is 1. The number of nitrogens with zero attached hydrogens (tertiary/aromatic N) is 1. The zero-order chi connectivity index (χ0) is 14.0. The summed E-state index contributed by atoms with van der Waals surface area (Å²) in [6.45, 7) is 1.84. The van der Waals surface area contributed by atoms with Gasteiger partial charge in [0.2, 0.25) is 0 Å². The maximum atomic E-state index is 12.1. The molecule has 2 rings (SSSR count). The highest BCUT2D eigenvalue weighted by Crippen LogP contribution is 2.20. The smallest absolute Gasteiger partial charge is 0.258 e. The van der Waals surface area contributed by atoms with Crippen LogP contribution in [-0.2, 0) is 0 Å². The first kappa shape index (κ1) is 13.8. The Morgan fingerprint density at radius 1 is 1.37 bits per heavy atom. The van der Waals surface area contributed by atoms with E-state index in [9.17, 15) is 4.79 Å². The normalized spacial score (nSPS) is 10.3. The molecule has 98 valence electrons. The van der Waals surface area contributed by atoms with Crippen molar-refractivity contribution < 1.29 is 4.79 Å². The van der Waals surface area contributed by atoms with E-state index in [0.717, 1.165) is 10.2 Å². The number of pyridine rings is 1. The number of anilines is 2. The number of nitrogens with two attached hydrogens (primary N) is 1. The van der Waals surface area contributed by atoms with Crippen molar-refractivity contribution in [3.63, 3.8) is 0 Å². The molecule has 1 aromatic heterocycles. The Bertz CT molecular complexity index is 646. The average molecular weight is 341 g/mol. The molecule has 0 aliphatic heterocycles. The van der Waals surface area contributed by atoms with Crippen LogP contribution in [0.1, 0.15) is 16.1 Å². The molecule has 0 saturated heterocycles. The third-order valence-electron chi connectivity index (χ3n) is 2.52. The predicted octanol–water partition coefficient (Wildman–Crippen LogP) is 3.64. The number of halogens is 2. The summed E-state index contributed by atoms with van der Waals surface area (Å²) < 4.78 is 0.882. The molecule has 1 heterocycles. The molecule has 0 radical (unpaired) electrons. The number of nitrogens with one attached hydrogen (secondary N) is 1. The van der Waals surface area contributed by atoms with Crippen molar-refractivity contribution in [1.29, 1.82) is 0 Å². The van der Waals surface area contributed by atoms with Gasteiger partial charge in [-0.25, -0.2) is 4.98 Å². The largest absolute Gasteiger partial charge is 0.398 e. The molecule has 0 bridgehead atoms. The molecule has 0 aliphatic carbocycles. The Labute approximate surface area is 124 Å². The van der Waals surface area contributed by atoms with E-state index in [1.807, 2.05) is 13.0 Å². The van der Waals surface area contributed by atoms with E-state index in [2.05, 4.69) is 26.2 Å². The molecular formula is C13H11BrClN3O. The van der Waals surface area contributed by atoms with Crippen molar-refractivity contribution in [2.24, 2.45) is 0 Å². The Balaban J connectivity index is 2.25. The molecule has 0 saturated carbocycles. The van der Waals surface area contributed by atoms with Crippen LogP contribution in [0, 0.1) is 6.92 Å². The first-order valence-electron chi connectivity index (χ1n) is 5.47. The van der Waals surface area contributed by atoms with Gasteiger partial charge in [-0.2, -0.15) is 0 Å². The summed E-state index contributed by atoms with van der Waals surface area (Å²) in [6.07, 6.45) is 0.